The Morgan fingerprint density at radius 3 is 2.96 bits per heavy atom. The highest BCUT2D eigenvalue weighted by Gasteiger charge is 2.44. The molecule has 5 heteroatoms. The van der Waals surface area contributed by atoms with E-state index < -0.39 is 0 Å². The summed E-state index contributed by atoms with van der Waals surface area (Å²) in [5, 5.41) is 3.03. The third kappa shape index (κ3) is 2.88. The number of aromatic nitrogens is 2. The third-order valence-corrected chi connectivity index (χ3v) is 5.48. The predicted molar refractivity (Wildman–Crippen MR) is 91.7 cm³/mol. The van der Waals surface area contributed by atoms with E-state index in [0.29, 0.717) is 12.5 Å². The number of amides is 1. The van der Waals surface area contributed by atoms with E-state index in [4.69, 9.17) is 0 Å². The van der Waals surface area contributed by atoms with Gasteiger partial charge in [-0.3, -0.25) is 4.79 Å². The van der Waals surface area contributed by atoms with Gasteiger partial charge < -0.3 is 9.72 Å². The number of imidazole rings is 1. The lowest BCUT2D eigenvalue weighted by Crippen LogP contribution is -2.24. The van der Waals surface area contributed by atoms with E-state index in [1.165, 1.54) is 15.3 Å². The first-order valence-electron chi connectivity index (χ1n) is 7.88. The first-order valence-corrected chi connectivity index (χ1v) is 8.70. The van der Waals surface area contributed by atoms with Crippen molar-refractivity contribution in [2.75, 3.05) is 0 Å². The van der Waals surface area contributed by atoms with Crippen LogP contribution in [0.4, 0.5) is 0 Å². The van der Waals surface area contributed by atoms with E-state index in [9.17, 15) is 4.79 Å². The van der Waals surface area contributed by atoms with Gasteiger partial charge >= 0.3 is 0 Å². The Kier molecular flexibility index (Phi) is 3.45. The molecule has 0 saturated heterocycles. The molecule has 1 amide bonds. The van der Waals surface area contributed by atoms with Crippen molar-refractivity contribution in [2.45, 2.75) is 32.7 Å². The molecule has 1 saturated carbocycles. The molecule has 1 fully saturated rings. The van der Waals surface area contributed by atoms with Gasteiger partial charge in [0.05, 0.1) is 12.2 Å². The molecule has 3 aromatic rings. The van der Waals surface area contributed by atoms with Crippen LogP contribution in [-0.2, 0) is 11.3 Å². The number of carbonyl (C=O) groups excluding carboxylic acids is 1. The van der Waals surface area contributed by atoms with Gasteiger partial charge in [-0.05, 0) is 44.0 Å². The quantitative estimate of drug-likeness (QED) is 0.799. The fourth-order valence-electron chi connectivity index (χ4n) is 3.00. The van der Waals surface area contributed by atoms with Gasteiger partial charge in [0.15, 0.2) is 0 Å². The number of hydrogen-bond acceptors (Lipinski definition) is 3. The molecule has 1 aliphatic carbocycles. The number of pyridine rings is 1. The van der Waals surface area contributed by atoms with Crippen LogP contribution < -0.4 is 5.32 Å². The van der Waals surface area contributed by atoms with E-state index in [1.807, 2.05) is 28.9 Å². The summed E-state index contributed by atoms with van der Waals surface area (Å²) in [6.07, 6.45) is 5.00. The van der Waals surface area contributed by atoms with Gasteiger partial charge in [-0.2, -0.15) is 0 Å². The van der Waals surface area contributed by atoms with Crippen LogP contribution >= 0.6 is 11.3 Å². The van der Waals surface area contributed by atoms with Crippen molar-refractivity contribution < 1.29 is 4.79 Å². The Morgan fingerprint density at radius 1 is 1.30 bits per heavy atom. The van der Waals surface area contributed by atoms with Crippen LogP contribution in [-0.4, -0.2) is 15.3 Å². The van der Waals surface area contributed by atoms with Crippen molar-refractivity contribution in [3.63, 3.8) is 0 Å². The number of thiophene rings is 1. The number of nitrogens with one attached hydrogen (secondary N) is 1. The molecule has 2 atom stereocenters. The Labute approximate surface area is 139 Å². The van der Waals surface area contributed by atoms with Gasteiger partial charge in [0, 0.05) is 34.0 Å². The zero-order valence-corrected chi connectivity index (χ0v) is 14.1. The predicted octanol–water partition coefficient (Wildman–Crippen LogP) is 3.43. The van der Waals surface area contributed by atoms with Crippen molar-refractivity contribution >= 4 is 22.9 Å². The van der Waals surface area contributed by atoms with E-state index in [1.54, 1.807) is 11.3 Å². The smallest absolute Gasteiger partial charge is 0.224 e. The zero-order chi connectivity index (χ0) is 16.0. The molecular weight excluding hydrogens is 306 g/mol. The van der Waals surface area contributed by atoms with Crippen molar-refractivity contribution in [3.8, 4) is 0 Å². The highest BCUT2D eigenvalue weighted by molar-refractivity contribution is 7.12. The Morgan fingerprint density at radius 2 is 2.17 bits per heavy atom. The van der Waals surface area contributed by atoms with Gasteiger partial charge in [-0.15, -0.1) is 11.3 Å². The summed E-state index contributed by atoms with van der Waals surface area (Å²) < 4.78 is 2.01. The van der Waals surface area contributed by atoms with Gasteiger partial charge in [-0.25, -0.2) is 4.98 Å². The van der Waals surface area contributed by atoms with Gasteiger partial charge in [-0.1, -0.05) is 6.07 Å². The largest absolute Gasteiger partial charge is 0.350 e. The lowest BCUT2D eigenvalue weighted by molar-refractivity contribution is -0.122. The van der Waals surface area contributed by atoms with Crippen LogP contribution in [0.1, 0.15) is 33.4 Å². The highest BCUT2D eigenvalue weighted by Crippen LogP contribution is 2.49. The van der Waals surface area contributed by atoms with Crippen LogP contribution in [0.25, 0.3) is 5.65 Å². The van der Waals surface area contributed by atoms with E-state index in [-0.39, 0.29) is 11.8 Å². The maximum absolute atomic E-state index is 12.3. The second kappa shape index (κ2) is 5.49. The molecule has 0 aromatic carbocycles. The molecule has 1 aliphatic rings. The van der Waals surface area contributed by atoms with Crippen molar-refractivity contribution in [1.82, 2.24) is 14.7 Å². The van der Waals surface area contributed by atoms with Crippen molar-refractivity contribution in [3.05, 3.63) is 57.7 Å². The van der Waals surface area contributed by atoms with Crippen molar-refractivity contribution in [1.29, 1.82) is 0 Å². The molecule has 0 unspecified atom stereocenters. The monoisotopic (exact) mass is 325 g/mol. The molecule has 0 radical (unpaired) electrons. The molecular formula is C18H19N3OS. The average Bonchev–Trinajstić information content (AvgIpc) is 3.04. The Bertz CT molecular complexity index is 879. The van der Waals surface area contributed by atoms with Gasteiger partial charge in [0.1, 0.15) is 5.65 Å². The molecule has 0 aliphatic heterocycles. The minimum atomic E-state index is 0.132. The summed E-state index contributed by atoms with van der Waals surface area (Å²) in [5.41, 5.74) is 3.00. The standard InChI is InChI=1S/C18H19N3OS/c1-11-3-6-17-20-13(10-21(17)9-11)8-19-18(22)15-7-14(15)16-5-4-12(2)23-16/h3-6,9-10,14-15H,7-8H2,1-2H3,(H,19,22)/t14-,15-/m1/s1. The first-order chi connectivity index (χ1) is 11.1. The normalized spacial score (nSPS) is 19.9. The van der Waals surface area contributed by atoms with E-state index >= 15 is 0 Å². The highest BCUT2D eigenvalue weighted by atomic mass is 32.1. The molecule has 118 valence electrons. The second-order valence-corrected chi connectivity index (χ2v) is 7.64. The molecule has 1 N–H and O–H groups in total. The molecule has 3 heterocycles. The van der Waals surface area contributed by atoms with Crippen LogP contribution in [0.3, 0.4) is 0 Å². The summed E-state index contributed by atoms with van der Waals surface area (Å²) in [6, 6.07) is 8.33. The van der Waals surface area contributed by atoms with Gasteiger partial charge in [0.2, 0.25) is 5.91 Å². The summed E-state index contributed by atoms with van der Waals surface area (Å²) >= 11 is 1.80. The molecule has 0 spiro atoms. The summed E-state index contributed by atoms with van der Waals surface area (Å²) in [5.74, 6) is 0.694. The SMILES string of the molecule is Cc1ccc2nc(CNC(=O)[C@@H]3C[C@H]3c3ccc(C)s3)cn2c1. The van der Waals surface area contributed by atoms with E-state index in [0.717, 1.165) is 17.8 Å². The fourth-order valence-corrected chi connectivity index (χ4v) is 4.06. The lowest BCUT2D eigenvalue weighted by Gasteiger charge is -2.01. The molecule has 4 nitrogen and oxygen atoms in total. The van der Waals surface area contributed by atoms with Crippen LogP contribution in [0.2, 0.25) is 0 Å². The zero-order valence-electron chi connectivity index (χ0n) is 13.2. The number of nitrogens with zero attached hydrogens (tertiary/aromatic N) is 2. The molecule has 4 rings (SSSR count). The van der Waals surface area contributed by atoms with Crippen LogP contribution in [0.15, 0.2) is 36.7 Å². The Hall–Kier alpha value is -2.14. The Balaban J connectivity index is 1.38. The second-order valence-electron chi connectivity index (χ2n) is 6.32. The molecule has 0 bridgehead atoms. The lowest BCUT2D eigenvalue weighted by atomic mass is 10.2. The van der Waals surface area contributed by atoms with Crippen LogP contribution in [0, 0.1) is 19.8 Å². The maximum Gasteiger partial charge on any atom is 0.224 e. The average molecular weight is 325 g/mol. The number of carbonyl (C=O) groups is 1. The summed E-state index contributed by atoms with van der Waals surface area (Å²) in [6.45, 7) is 4.66. The third-order valence-electron chi connectivity index (χ3n) is 4.35. The number of aryl methyl sites for hydroxylation is 2. The van der Waals surface area contributed by atoms with E-state index in [2.05, 4.69) is 36.3 Å². The fraction of sp³-hybridized carbons (Fsp3) is 0.333. The minimum Gasteiger partial charge on any atom is -0.350 e. The van der Waals surface area contributed by atoms with Gasteiger partial charge in [0.25, 0.3) is 0 Å². The summed E-state index contributed by atoms with van der Waals surface area (Å²) in [4.78, 5) is 19.5. The summed E-state index contributed by atoms with van der Waals surface area (Å²) in [7, 11) is 0. The first kappa shape index (κ1) is 14.5. The number of hydrogen-bond donors (Lipinski definition) is 1. The topological polar surface area (TPSA) is 46.4 Å². The minimum absolute atomic E-state index is 0.132. The molecule has 3 aromatic heterocycles. The maximum atomic E-state index is 12.3. The number of rotatable bonds is 4. The van der Waals surface area contributed by atoms with Crippen LogP contribution in [0.5, 0.6) is 0 Å². The molecule has 23 heavy (non-hydrogen) atoms. The van der Waals surface area contributed by atoms with Crippen molar-refractivity contribution in [2.24, 2.45) is 5.92 Å². The number of fused-ring (bicyclic) bond motifs is 1.